The number of rotatable bonds is 4. The summed E-state index contributed by atoms with van der Waals surface area (Å²) in [5, 5.41) is 0. The molecule has 1 aliphatic heterocycles. The fourth-order valence-electron chi connectivity index (χ4n) is 2.66. The van der Waals surface area contributed by atoms with Crippen molar-refractivity contribution in [1.29, 1.82) is 0 Å². The largest absolute Gasteiger partial charge is 0.497 e. The van der Waals surface area contributed by atoms with Crippen molar-refractivity contribution in [1.82, 2.24) is 0 Å². The molecule has 1 heterocycles. The standard InChI is InChI=1S/C18H19F3O4/c1-4-24-16(22)10-14-9-15(11(2)17(25-14)18(19,20)21)12-5-7-13(23-3)8-6-12/h5-8,10,15H,4,9H2,1-3H3/b14-10-/t15-/m0/s1. The van der Waals surface area contributed by atoms with E-state index < -0.39 is 23.8 Å². The van der Waals surface area contributed by atoms with Crippen LogP contribution in [0.15, 0.2) is 47.4 Å². The van der Waals surface area contributed by atoms with E-state index in [1.165, 1.54) is 14.0 Å². The van der Waals surface area contributed by atoms with Crippen molar-refractivity contribution < 1.29 is 32.2 Å². The van der Waals surface area contributed by atoms with Crippen molar-refractivity contribution in [3.63, 3.8) is 0 Å². The van der Waals surface area contributed by atoms with E-state index in [9.17, 15) is 18.0 Å². The second-order valence-electron chi connectivity index (χ2n) is 5.50. The van der Waals surface area contributed by atoms with Crippen LogP contribution < -0.4 is 4.74 Å². The highest BCUT2D eigenvalue weighted by molar-refractivity contribution is 5.82. The normalized spacial score (nSPS) is 19.6. The van der Waals surface area contributed by atoms with E-state index in [2.05, 4.69) is 0 Å². The van der Waals surface area contributed by atoms with Crippen LogP contribution in [0.3, 0.4) is 0 Å². The van der Waals surface area contributed by atoms with E-state index in [0.29, 0.717) is 11.3 Å². The molecule has 0 amide bonds. The number of halogens is 3. The maximum Gasteiger partial charge on any atom is 0.449 e. The quantitative estimate of drug-likeness (QED) is 0.589. The van der Waals surface area contributed by atoms with Gasteiger partial charge in [0.2, 0.25) is 5.76 Å². The Bertz CT molecular complexity index is 687. The molecule has 0 N–H and O–H groups in total. The number of allylic oxidation sites excluding steroid dienone is 3. The van der Waals surface area contributed by atoms with Gasteiger partial charge in [0.25, 0.3) is 0 Å². The van der Waals surface area contributed by atoms with E-state index in [-0.39, 0.29) is 24.4 Å². The van der Waals surface area contributed by atoms with Crippen LogP contribution in [0.2, 0.25) is 0 Å². The van der Waals surface area contributed by atoms with E-state index in [0.717, 1.165) is 6.08 Å². The molecule has 0 saturated carbocycles. The topological polar surface area (TPSA) is 44.8 Å². The van der Waals surface area contributed by atoms with Gasteiger partial charge in [-0.3, -0.25) is 0 Å². The third-order valence-corrected chi connectivity index (χ3v) is 3.86. The van der Waals surface area contributed by atoms with Crippen LogP contribution in [0.5, 0.6) is 5.75 Å². The van der Waals surface area contributed by atoms with Gasteiger partial charge in [0.15, 0.2) is 0 Å². The van der Waals surface area contributed by atoms with E-state index in [4.69, 9.17) is 14.2 Å². The minimum Gasteiger partial charge on any atom is -0.497 e. The van der Waals surface area contributed by atoms with E-state index in [1.807, 2.05) is 0 Å². The summed E-state index contributed by atoms with van der Waals surface area (Å²) in [5.74, 6) is -1.84. The van der Waals surface area contributed by atoms with Crippen molar-refractivity contribution in [3.8, 4) is 5.75 Å². The summed E-state index contributed by atoms with van der Waals surface area (Å²) >= 11 is 0. The van der Waals surface area contributed by atoms with Crippen LogP contribution in [0, 0.1) is 0 Å². The molecule has 1 aromatic carbocycles. The summed E-state index contributed by atoms with van der Waals surface area (Å²) < 4.78 is 54.7. The molecule has 0 radical (unpaired) electrons. The smallest absolute Gasteiger partial charge is 0.449 e. The number of benzene rings is 1. The van der Waals surface area contributed by atoms with Gasteiger partial charge < -0.3 is 14.2 Å². The minimum atomic E-state index is -4.65. The van der Waals surface area contributed by atoms with Gasteiger partial charge in [0, 0.05) is 12.3 Å². The van der Waals surface area contributed by atoms with Crippen LogP contribution >= 0.6 is 0 Å². The molecule has 4 nitrogen and oxygen atoms in total. The third kappa shape index (κ3) is 4.55. The van der Waals surface area contributed by atoms with Gasteiger partial charge in [-0.05, 0) is 37.1 Å². The highest BCUT2D eigenvalue weighted by Gasteiger charge is 2.43. The average molecular weight is 356 g/mol. The predicted octanol–water partition coefficient (Wildman–Crippen LogP) is 4.48. The molecule has 1 aliphatic rings. The average Bonchev–Trinajstić information content (AvgIpc) is 2.55. The first-order chi connectivity index (χ1) is 11.8. The lowest BCUT2D eigenvalue weighted by Gasteiger charge is -2.29. The fraction of sp³-hybridized carbons (Fsp3) is 0.389. The van der Waals surface area contributed by atoms with Crippen molar-refractivity contribution in [2.45, 2.75) is 32.4 Å². The number of methoxy groups -OCH3 is 1. The lowest BCUT2D eigenvalue weighted by molar-refractivity contribution is -0.138. The summed E-state index contributed by atoms with van der Waals surface area (Å²) in [7, 11) is 1.51. The van der Waals surface area contributed by atoms with Gasteiger partial charge in [0.05, 0.1) is 19.8 Å². The molecule has 25 heavy (non-hydrogen) atoms. The summed E-state index contributed by atoms with van der Waals surface area (Å²) in [6.45, 7) is 3.13. The highest BCUT2D eigenvalue weighted by atomic mass is 19.4. The summed E-state index contributed by atoms with van der Waals surface area (Å²) in [4.78, 5) is 11.6. The number of ether oxygens (including phenoxy) is 3. The Labute approximate surface area is 143 Å². The Balaban J connectivity index is 2.42. The first-order valence-electron chi connectivity index (χ1n) is 7.73. The summed E-state index contributed by atoms with van der Waals surface area (Å²) in [6, 6.07) is 6.77. The van der Waals surface area contributed by atoms with Crippen LogP contribution in [-0.4, -0.2) is 25.9 Å². The highest BCUT2D eigenvalue weighted by Crippen LogP contribution is 2.44. The molecule has 1 atom stereocenters. The number of hydrogen-bond acceptors (Lipinski definition) is 4. The monoisotopic (exact) mass is 356 g/mol. The lowest BCUT2D eigenvalue weighted by Crippen LogP contribution is -2.24. The fourth-order valence-corrected chi connectivity index (χ4v) is 2.66. The van der Waals surface area contributed by atoms with Crippen LogP contribution in [-0.2, 0) is 14.3 Å². The second kappa shape index (κ2) is 7.63. The van der Waals surface area contributed by atoms with Crippen LogP contribution in [0.25, 0.3) is 0 Å². The molecular formula is C18H19F3O4. The van der Waals surface area contributed by atoms with E-state index in [1.54, 1.807) is 31.2 Å². The lowest BCUT2D eigenvalue weighted by atomic mass is 9.85. The van der Waals surface area contributed by atoms with E-state index >= 15 is 0 Å². The second-order valence-corrected chi connectivity index (χ2v) is 5.50. The van der Waals surface area contributed by atoms with Gasteiger partial charge >= 0.3 is 12.1 Å². The number of esters is 1. The van der Waals surface area contributed by atoms with Gasteiger partial charge in [-0.25, -0.2) is 4.79 Å². The maximum atomic E-state index is 13.3. The SMILES string of the molecule is CCOC(=O)/C=C1/C[C@H](c2ccc(OC)cc2)C(C)=C(C(F)(F)F)O1. The van der Waals surface area contributed by atoms with Crippen molar-refractivity contribution >= 4 is 5.97 Å². The molecule has 2 rings (SSSR count). The molecule has 0 unspecified atom stereocenters. The number of hydrogen-bond donors (Lipinski definition) is 0. The molecule has 136 valence electrons. The molecular weight excluding hydrogens is 337 g/mol. The first kappa shape index (κ1) is 18.9. The minimum absolute atomic E-state index is 0.0682. The summed E-state index contributed by atoms with van der Waals surface area (Å²) in [5.41, 5.74) is 0.747. The van der Waals surface area contributed by atoms with Gasteiger partial charge in [-0.2, -0.15) is 13.2 Å². The van der Waals surface area contributed by atoms with Crippen LogP contribution in [0.4, 0.5) is 13.2 Å². The molecule has 0 bridgehead atoms. The number of alkyl halides is 3. The Morgan fingerprint density at radius 2 is 1.96 bits per heavy atom. The van der Waals surface area contributed by atoms with Gasteiger partial charge in [0.1, 0.15) is 11.5 Å². The molecule has 7 heteroatoms. The number of carbonyl (C=O) groups is 1. The zero-order chi connectivity index (χ0) is 18.6. The van der Waals surface area contributed by atoms with Gasteiger partial charge in [-0.1, -0.05) is 12.1 Å². The molecule has 0 spiro atoms. The Morgan fingerprint density at radius 3 is 2.48 bits per heavy atom. The molecule has 0 saturated heterocycles. The number of carbonyl (C=O) groups excluding carboxylic acids is 1. The summed E-state index contributed by atoms with van der Waals surface area (Å²) in [6.07, 6.45) is -3.54. The Morgan fingerprint density at radius 1 is 1.32 bits per heavy atom. The predicted molar refractivity (Wildman–Crippen MR) is 84.9 cm³/mol. The zero-order valence-electron chi connectivity index (χ0n) is 14.1. The van der Waals surface area contributed by atoms with Crippen molar-refractivity contribution in [3.05, 3.63) is 53.0 Å². The van der Waals surface area contributed by atoms with Crippen molar-refractivity contribution in [2.24, 2.45) is 0 Å². The maximum absolute atomic E-state index is 13.3. The first-order valence-corrected chi connectivity index (χ1v) is 7.73. The molecule has 0 aliphatic carbocycles. The third-order valence-electron chi connectivity index (χ3n) is 3.86. The van der Waals surface area contributed by atoms with Crippen LogP contribution in [0.1, 0.15) is 31.7 Å². The molecule has 0 aromatic heterocycles. The molecule has 0 fully saturated rings. The Hall–Kier alpha value is -2.44. The molecule has 1 aromatic rings. The van der Waals surface area contributed by atoms with Crippen molar-refractivity contribution in [2.75, 3.05) is 13.7 Å². The zero-order valence-corrected chi connectivity index (χ0v) is 14.1. The van der Waals surface area contributed by atoms with Gasteiger partial charge in [-0.15, -0.1) is 0 Å². The Kier molecular flexibility index (Phi) is 5.77.